The summed E-state index contributed by atoms with van der Waals surface area (Å²) < 4.78 is 0. The normalized spacial score (nSPS) is 13.3. The lowest BCUT2D eigenvalue weighted by Gasteiger charge is -2.25. The van der Waals surface area contributed by atoms with E-state index in [9.17, 15) is 5.11 Å². The van der Waals surface area contributed by atoms with Gasteiger partial charge in [0.1, 0.15) is 0 Å². The molecule has 3 nitrogen and oxygen atoms in total. The Balaban J connectivity index is 2.70. The molecule has 1 aromatic carbocycles. The predicted molar refractivity (Wildman–Crippen MR) is 59.1 cm³/mol. The molecule has 0 aliphatic heterocycles. The van der Waals surface area contributed by atoms with Crippen LogP contribution in [0.15, 0.2) is 24.3 Å². The first-order chi connectivity index (χ1) is 6.93. The van der Waals surface area contributed by atoms with E-state index < -0.39 is 5.60 Å². The Morgan fingerprint density at radius 3 is 2.33 bits per heavy atom. The van der Waals surface area contributed by atoms with E-state index in [1.807, 2.05) is 12.1 Å². The van der Waals surface area contributed by atoms with Crippen molar-refractivity contribution in [1.29, 1.82) is 5.26 Å². The van der Waals surface area contributed by atoms with Crippen LogP contribution in [0.2, 0.25) is 0 Å². The van der Waals surface area contributed by atoms with Crippen LogP contribution in [0.4, 0.5) is 0 Å². The number of hydrogen-bond acceptors (Lipinski definition) is 3. The fourth-order valence-electron chi connectivity index (χ4n) is 1.22. The van der Waals surface area contributed by atoms with Crippen molar-refractivity contribution in [2.24, 2.45) is 5.73 Å². The molecule has 0 saturated carbocycles. The van der Waals surface area contributed by atoms with Crippen molar-refractivity contribution in [2.75, 3.05) is 0 Å². The lowest BCUT2D eigenvalue weighted by atomic mass is 9.93. The molecule has 1 rings (SSSR count). The van der Waals surface area contributed by atoms with Gasteiger partial charge in [0.15, 0.2) is 0 Å². The average Bonchev–Trinajstić information content (AvgIpc) is 2.17. The number of rotatable bonds is 3. The lowest BCUT2D eigenvalue weighted by Crippen LogP contribution is -2.44. The van der Waals surface area contributed by atoms with E-state index in [4.69, 9.17) is 11.0 Å². The van der Waals surface area contributed by atoms with E-state index in [0.29, 0.717) is 12.0 Å². The molecule has 0 radical (unpaired) electrons. The molecule has 0 unspecified atom stereocenters. The van der Waals surface area contributed by atoms with Gasteiger partial charge in [0.05, 0.1) is 17.2 Å². The molecule has 0 fully saturated rings. The fourth-order valence-corrected chi connectivity index (χ4v) is 1.22. The Kier molecular flexibility index (Phi) is 3.46. The van der Waals surface area contributed by atoms with E-state index in [1.165, 1.54) is 0 Å². The Bertz CT molecular complexity index is 357. The molecule has 0 bridgehead atoms. The zero-order valence-electron chi connectivity index (χ0n) is 9.07. The maximum Gasteiger partial charge on any atom is 0.0991 e. The molecule has 1 atom stereocenters. The number of benzene rings is 1. The van der Waals surface area contributed by atoms with Crippen LogP contribution in [0.3, 0.4) is 0 Å². The molecule has 1 aromatic rings. The van der Waals surface area contributed by atoms with Crippen LogP contribution in [0.25, 0.3) is 0 Å². The van der Waals surface area contributed by atoms with Crippen molar-refractivity contribution >= 4 is 0 Å². The molecule has 0 saturated heterocycles. The van der Waals surface area contributed by atoms with E-state index in [2.05, 4.69) is 6.07 Å². The summed E-state index contributed by atoms with van der Waals surface area (Å²) in [5.74, 6) is 0. The summed E-state index contributed by atoms with van der Waals surface area (Å²) in [6.45, 7) is 3.39. The Labute approximate surface area is 90.1 Å². The standard InChI is InChI=1S/C12H16N2O/c1-12(2,15)11(14)7-9-3-5-10(8-13)6-4-9/h3-6,11,15H,7,14H2,1-2H3/t11-/m1/s1. The molecule has 80 valence electrons. The Morgan fingerprint density at radius 2 is 1.93 bits per heavy atom. The molecule has 0 aliphatic carbocycles. The number of nitriles is 1. The third-order valence-corrected chi connectivity index (χ3v) is 2.45. The lowest BCUT2D eigenvalue weighted by molar-refractivity contribution is 0.0521. The molecule has 0 spiro atoms. The topological polar surface area (TPSA) is 70.0 Å². The number of aliphatic hydroxyl groups is 1. The van der Waals surface area contributed by atoms with Crippen LogP contribution >= 0.6 is 0 Å². The molecular weight excluding hydrogens is 188 g/mol. The average molecular weight is 204 g/mol. The molecule has 15 heavy (non-hydrogen) atoms. The highest BCUT2D eigenvalue weighted by Crippen LogP contribution is 2.12. The molecular formula is C12H16N2O. The van der Waals surface area contributed by atoms with Crippen LogP contribution < -0.4 is 5.73 Å². The first-order valence-electron chi connectivity index (χ1n) is 4.90. The second kappa shape index (κ2) is 4.43. The van der Waals surface area contributed by atoms with Gasteiger partial charge in [-0.3, -0.25) is 0 Å². The van der Waals surface area contributed by atoms with Crippen LogP contribution in [0, 0.1) is 11.3 Å². The number of nitrogens with zero attached hydrogens (tertiary/aromatic N) is 1. The Hall–Kier alpha value is -1.37. The van der Waals surface area contributed by atoms with Crippen LogP contribution in [0.5, 0.6) is 0 Å². The van der Waals surface area contributed by atoms with Crippen molar-refractivity contribution in [2.45, 2.75) is 31.9 Å². The van der Waals surface area contributed by atoms with Crippen LogP contribution in [0.1, 0.15) is 25.0 Å². The fraction of sp³-hybridized carbons (Fsp3) is 0.417. The monoisotopic (exact) mass is 204 g/mol. The summed E-state index contributed by atoms with van der Waals surface area (Å²) in [5, 5.41) is 18.3. The maximum absolute atomic E-state index is 9.67. The minimum atomic E-state index is -0.881. The zero-order valence-corrected chi connectivity index (χ0v) is 9.07. The summed E-state index contributed by atoms with van der Waals surface area (Å²) in [5.41, 5.74) is 6.62. The van der Waals surface area contributed by atoms with Crippen molar-refractivity contribution < 1.29 is 5.11 Å². The predicted octanol–water partition coefficient (Wildman–Crippen LogP) is 1.20. The van der Waals surface area contributed by atoms with E-state index in [-0.39, 0.29) is 6.04 Å². The maximum atomic E-state index is 9.67. The van der Waals surface area contributed by atoms with Gasteiger partial charge in [-0.25, -0.2) is 0 Å². The van der Waals surface area contributed by atoms with Crippen molar-refractivity contribution in [1.82, 2.24) is 0 Å². The minimum Gasteiger partial charge on any atom is -0.389 e. The van der Waals surface area contributed by atoms with Crippen molar-refractivity contribution in [3.05, 3.63) is 35.4 Å². The molecule has 0 aromatic heterocycles. The molecule has 3 heteroatoms. The van der Waals surface area contributed by atoms with Gasteiger partial charge in [-0.15, -0.1) is 0 Å². The minimum absolute atomic E-state index is 0.301. The van der Waals surface area contributed by atoms with Gasteiger partial charge in [0.2, 0.25) is 0 Å². The molecule has 0 aliphatic rings. The summed E-state index contributed by atoms with van der Waals surface area (Å²) in [6, 6.07) is 9.00. The zero-order chi connectivity index (χ0) is 11.5. The summed E-state index contributed by atoms with van der Waals surface area (Å²) in [6.07, 6.45) is 0.606. The van der Waals surface area contributed by atoms with Crippen LogP contribution in [-0.4, -0.2) is 16.7 Å². The SMILES string of the molecule is CC(C)(O)[C@H](N)Cc1ccc(C#N)cc1. The smallest absolute Gasteiger partial charge is 0.0991 e. The summed E-state index contributed by atoms with van der Waals surface area (Å²) >= 11 is 0. The second-order valence-corrected chi connectivity index (χ2v) is 4.27. The van der Waals surface area contributed by atoms with Gasteiger partial charge in [0.25, 0.3) is 0 Å². The summed E-state index contributed by atoms with van der Waals surface area (Å²) in [7, 11) is 0. The largest absolute Gasteiger partial charge is 0.389 e. The number of hydrogen-bond donors (Lipinski definition) is 2. The first kappa shape index (κ1) is 11.7. The van der Waals surface area contributed by atoms with E-state index >= 15 is 0 Å². The highest BCUT2D eigenvalue weighted by Gasteiger charge is 2.22. The van der Waals surface area contributed by atoms with Gasteiger partial charge >= 0.3 is 0 Å². The second-order valence-electron chi connectivity index (χ2n) is 4.27. The van der Waals surface area contributed by atoms with Gasteiger partial charge in [-0.2, -0.15) is 5.26 Å². The molecule has 0 heterocycles. The first-order valence-corrected chi connectivity index (χ1v) is 4.90. The highest BCUT2D eigenvalue weighted by molar-refractivity contribution is 5.32. The van der Waals surface area contributed by atoms with E-state index in [1.54, 1.807) is 26.0 Å². The molecule has 3 N–H and O–H groups in total. The van der Waals surface area contributed by atoms with Crippen molar-refractivity contribution in [3.63, 3.8) is 0 Å². The Morgan fingerprint density at radius 1 is 1.40 bits per heavy atom. The molecule has 0 amide bonds. The van der Waals surface area contributed by atoms with Gasteiger partial charge in [-0.1, -0.05) is 12.1 Å². The van der Waals surface area contributed by atoms with Gasteiger partial charge in [-0.05, 0) is 38.0 Å². The van der Waals surface area contributed by atoms with Crippen LogP contribution in [-0.2, 0) is 6.42 Å². The van der Waals surface area contributed by atoms with Crippen molar-refractivity contribution in [3.8, 4) is 6.07 Å². The quantitative estimate of drug-likeness (QED) is 0.777. The highest BCUT2D eigenvalue weighted by atomic mass is 16.3. The van der Waals surface area contributed by atoms with Gasteiger partial charge in [0, 0.05) is 6.04 Å². The number of nitrogens with two attached hydrogens (primary N) is 1. The third-order valence-electron chi connectivity index (χ3n) is 2.45. The third kappa shape index (κ3) is 3.35. The van der Waals surface area contributed by atoms with Gasteiger partial charge < -0.3 is 10.8 Å². The van der Waals surface area contributed by atoms with E-state index in [0.717, 1.165) is 5.56 Å². The summed E-state index contributed by atoms with van der Waals surface area (Å²) in [4.78, 5) is 0.